The fourth-order valence-electron chi connectivity index (χ4n) is 3.30. The molecule has 0 radical (unpaired) electrons. The standard InChI is InChI=1S/C26H25FN4O3/c1-30(31(19-28)17-22-14-8-9-15-23(22)27)25(32)24(16-20-10-4-2-5-11-20)29-26(33)34-18-21-12-6-3-7-13-21/h2-15,24H,16-18H2,1H3,(H,29,33)/t24-/m0/s1. The van der Waals surface area contributed by atoms with E-state index in [0.717, 1.165) is 21.1 Å². The smallest absolute Gasteiger partial charge is 0.408 e. The molecule has 3 rings (SSSR count). The van der Waals surface area contributed by atoms with E-state index in [1.54, 1.807) is 18.2 Å². The Hall–Kier alpha value is -4.38. The normalized spacial score (nSPS) is 11.1. The van der Waals surface area contributed by atoms with Crippen molar-refractivity contribution < 1.29 is 18.7 Å². The molecule has 0 bridgehead atoms. The molecule has 3 aromatic carbocycles. The van der Waals surface area contributed by atoms with E-state index in [2.05, 4.69) is 5.32 Å². The summed E-state index contributed by atoms with van der Waals surface area (Å²) in [6.07, 6.45) is 1.33. The molecule has 1 N–H and O–H groups in total. The zero-order valence-corrected chi connectivity index (χ0v) is 18.7. The number of likely N-dealkylation sites (N-methyl/N-ethyl adjacent to an activating group) is 1. The third-order valence-corrected chi connectivity index (χ3v) is 5.16. The Morgan fingerprint density at radius 3 is 2.18 bits per heavy atom. The van der Waals surface area contributed by atoms with E-state index in [9.17, 15) is 19.2 Å². The zero-order valence-electron chi connectivity index (χ0n) is 18.7. The number of nitrogens with one attached hydrogen (secondary N) is 1. The van der Waals surface area contributed by atoms with Crippen molar-refractivity contribution in [2.24, 2.45) is 0 Å². The molecule has 7 nitrogen and oxygen atoms in total. The number of amides is 2. The Kier molecular flexibility index (Phi) is 8.58. The molecule has 3 aromatic rings. The minimum Gasteiger partial charge on any atom is -0.445 e. The number of alkyl carbamates (subject to hydrolysis) is 1. The molecule has 2 amide bonds. The summed E-state index contributed by atoms with van der Waals surface area (Å²) in [4.78, 5) is 25.8. The molecule has 0 spiro atoms. The second-order valence-electron chi connectivity index (χ2n) is 7.56. The SMILES string of the molecule is CN(C(=O)[C@H](Cc1ccccc1)NC(=O)OCc1ccccc1)N(C#N)Cc1ccccc1F. The molecule has 0 aliphatic rings. The lowest BCUT2D eigenvalue weighted by Gasteiger charge is -2.30. The molecule has 1 atom stereocenters. The van der Waals surface area contributed by atoms with E-state index in [1.165, 1.54) is 13.1 Å². The maximum absolute atomic E-state index is 14.1. The summed E-state index contributed by atoms with van der Waals surface area (Å²) < 4.78 is 19.4. The Balaban J connectivity index is 1.72. The second kappa shape index (κ2) is 12.0. The first-order valence-electron chi connectivity index (χ1n) is 10.7. The van der Waals surface area contributed by atoms with Crippen molar-refractivity contribution >= 4 is 12.0 Å². The first-order chi connectivity index (χ1) is 16.5. The van der Waals surface area contributed by atoms with Gasteiger partial charge in [0.25, 0.3) is 5.91 Å². The number of hydrogen-bond donors (Lipinski definition) is 1. The van der Waals surface area contributed by atoms with Crippen LogP contribution in [-0.2, 0) is 29.1 Å². The summed E-state index contributed by atoms with van der Waals surface area (Å²) in [5.74, 6) is -1.02. The highest BCUT2D eigenvalue weighted by atomic mass is 19.1. The Labute approximate surface area is 197 Å². The summed E-state index contributed by atoms with van der Waals surface area (Å²) in [6, 6.07) is 23.3. The van der Waals surface area contributed by atoms with Crippen molar-refractivity contribution in [1.29, 1.82) is 5.26 Å². The number of carbonyl (C=O) groups excluding carboxylic acids is 2. The zero-order chi connectivity index (χ0) is 24.3. The number of nitriles is 1. The van der Waals surface area contributed by atoms with Gasteiger partial charge >= 0.3 is 6.09 Å². The lowest BCUT2D eigenvalue weighted by atomic mass is 10.1. The van der Waals surface area contributed by atoms with Crippen molar-refractivity contribution in [1.82, 2.24) is 15.3 Å². The molecule has 0 aliphatic carbocycles. The van der Waals surface area contributed by atoms with Crippen LogP contribution in [0.1, 0.15) is 16.7 Å². The van der Waals surface area contributed by atoms with Gasteiger partial charge in [-0.1, -0.05) is 78.9 Å². The minimum absolute atomic E-state index is 0.0480. The van der Waals surface area contributed by atoms with Crippen molar-refractivity contribution in [2.45, 2.75) is 25.6 Å². The lowest BCUT2D eigenvalue weighted by Crippen LogP contribution is -2.52. The van der Waals surface area contributed by atoms with Crippen LogP contribution >= 0.6 is 0 Å². The topological polar surface area (TPSA) is 85.7 Å². The summed E-state index contributed by atoms with van der Waals surface area (Å²) in [6.45, 7) is -0.0890. The second-order valence-corrected chi connectivity index (χ2v) is 7.56. The molecule has 0 aromatic heterocycles. The van der Waals surface area contributed by atoms with Gasteiger partial charge in [-0.05, 0) is 17.2 Å². The van der Waals surface area contributed by atoms with E-state index < -0.39 is 23.9 Å². The van der Waals surface area contributed by atoms with Crippen LogP contribution < -0.4 is 5.32 Å². The Bertz CT molecular complexity index is 1140. The minimum atomic E-state index is -1.01. The van der Waals surface area contributed by atoms with Gasteiger partial charge in [0.05, 0.1) is 6.54 Å². The number of halogens is 1. The number of rotatable bonds is 9. The monoisotopic (exact) mass is 460 g/mol. The summed E-state index contributed by atoms with van der Waals surface area (Å²) in [5.41, 5.74) is 1.88. The highest BCUT2D eigenvalue weighted by Crippen LogP contribution is 2.13. The van der Waals surface area contributed by atoms with Crippen LogP contribution in [0.5, 0.6) is 0 Å². The molecule has 0 fully saturated rings. The predicted molar refractivity (Wildman–Crippen MR) is 124 cm³/mol. The number of carbonyl (C=O) groups is 2. The molecule has 0 saturated heterocycles. The summed E-state index contributed by atoms with van der Waals surface area (Å²) >= 11 is 0. The largest absolute Gasteiger partial charge is 0.445 e. The Morgan fingerprint density at radius 1 is 0.971 bits per heavy atom. The van der Waals surface area contributed by atoms with Gasteiger partial charge in [0.1, 0.15) is 18.5 Å². The summed E-state index contributed by atoms with van der Waals surface area (Å²) in [5, 5.41) is 14.3. The van der Waals surface area contributed by atoms with Crippen LogP contribution in [0, 0.1) is 17.3 Å². The van der Waals surface area contributed by atoms with Gasteiger partial charge in [-0.2, -0.15) is 5.26 Å². The molecular formula is C26H25FN4O3. The van der Waals surface area contributed by atoms with E-state index >= 15 is 0 Å². The molecular weight excluding hydrogens is 435 g/mol. The van der Waals surface area contributed by atoms with Gasteiger partial charge < -0.3 is 10.1 Å². The van der Waals surface area contributed by atoms with Crippen LogP contribution in [-0.4, -0.2) is 35.1 Å². The number of nitrogens with zero attached hydrogens (tertiary/aromatic N) is 3. The van der Waals surface area contributed by atoms with Gasteiger partial charge in [-0.25, -0.2) is 19.2 Å². The fourth-order valence-corrected chi connectivity index (χ4v) is 3.30. The number of benzene rings is 3. The number of hydrogen-bond acceptors (Lipinski definition) is 5. The van der Waals surface area contributed by atoms with Gasteiger partial charge in [0.2, 0.25) is 0 Å². The first-order valence-corrected chi connectivity index (χ1v) is 10.7. The van der Waals surface area contributed by atoms with E-state index in [4.69, 9.17) is 4.74 Å². The van der Waals surface area contributed by atoms with Crippen LogP contribution in [0.15, 0.2) is 84.9 Å². The van der Waals surface area contributed by atoms with Gasteiger partial charge in [0.15, 0.2) is 6.19 Å². The van der Waals surface area contributed by atoms with E-state index in [1.807, 2.05) is 66.9 Å². The van der Waals surface area contributed by atoms with Crippen LogP contribution in [0.25, 0.3) is 0 Å². The first kappa shape index (κ1) is 24.3. The molecule has 174 valence electrons. The van der Waals surface area contributed by atoms with Gasteiger partial charge in [-0.15, -0.1) is 0 Å². The van der Waals surface area contributed by atoms with E-state index in [0.29, 0.717) is 0 Å². The number of ether oxygens (including phenoxy) is 1. The fraction of sp³-hybridized carbons (Fsp3) is 0.192. The third-order valence-electron chi connectivity index (χ3n) is 5.16. The molecule has 0 aliphatic heterocycles. The van der Waals surface area contributed by atoms with Crippen molar-refractivity contribution in [3.05, 3.63) is 107 Å². The highest BCUT2D eigenvalue weighted by molar-refractivity contribution is 5.85. The third kappa shape index (κ3) is 6.81. The maximum atomic E-state index is 14.1. The van der Waals surface area contributed by atoms with Crippen molar-refractivity contribution in [2.75, 3.05) is 7.05 Å². The van der Waals surface area contributed by atoms with Crippen molar-refractivity contribution in [3.8, 4) is 6.19 Å². The quantitative estimate of drug-likeness (QED) is 0.296. The van der Waals surface area contributed by atoms with Gasteiger partial charge in [-0.3, -0.25) is 4.79 Å². The predicted octanol–water partition coefficient (Wildman–Crippen LogP) is 4.02. The van der Waals surface area contributed by atoms with Crippen LogP contribution in [0.4, 0.5) is 9.18 Å². The molecule has 0 saturated carbocycles. The van der Waals surface area contributed by atoms with Crippen molar-refractivity contribution in [3.63, 3.8) is 0 Å². The van der Waals surface area contributed by atoms with Gasteiger partial charge in [0, 0.05) is 19.0 Å². The lowest BCUT2D eigenvalue weighted by molar-refractivity contribution is -0.144. The van der Waals surface area contributed by atoms with Crippen LogP contribution in [0.2, 0.25) is 0 Å². The maximum Gasteiger partial charge on any atom is 0.408 e. The summed E-state index contributed by atoms with van der Waals surface area (Å²) in [7, 11) is 1.40. The average molecular weight is 461 g/mol. The van der Waals surface area contributed by atoms with Crippen LogP contribution in [0.3, 0.4) is 0 Å². The Morgan fingerprint density at radius 2 is 1.56 bits per heavy atom. The molecule has 34 heavy (non-hydrogen) atoms. The molecule has 0 unspecified atom stereocenters. The molecule has 0 heterocycles. The average Bonchev–Trinajstić information content (AvgIpc) is 2.87. The highest BCUT2D eigenvalue weighted by Gasteiger charge is 2.28. The van der Waals surface area contributed by atoms with E-state index in [-0.39, 0.29) is 25.1 Å². The number of hydrazine groups is 1. The molecule has 8 heteroatoms.